The molecule has 1 unspecified atom stereocenters. The zero-order valence-electron chi connectivity index (χ0n) is 9.40. The van der Waals surface area contributed by atoms with Crippen molar-refractivity contribution in [3.05, 3.63) is 23.9 Å². The Balaban J connectivity index is 2.56. The minimum atomic E-state index is 0.329. The average molecular weight is 273 g/mol. The first-order chi connectivity index (χ1) is 7.13. The van der Waals surface area contributed by atoms with E-state index in [2.05, 4.69) is 38.8 Å². The van der Waals surface area contributed by atoms with Crippen LogP contribution in [0.25, 0.3) is 0 Å². The van der Waals surface area contributed by atoms with Gasteiger partial charge in [0.25, 0.3) is 0 Å². The van der Waals surface area contributed by atoms with Crippen molar-refractivity contribution in [2.75, 3.05) is 32.2 Å². The molecule has 0 bridgehead atoms. The van der Waals surface area contributed by atoms with Crippen LogP contribution in [0.15, 0.2) is 18.3 Å². The van der Waals surface area contributed by atoms with Crippen LogP contribution in [0.3, 0.4) is 0 Å². The molecule has 1 atom stereocenters. The average Bonchev–Trinajstić information content (AvgIpc) is 2.18. The van der Waals surface area contributed by atoms with E-state index in [0.717, 1.165) is 12.4 Å². The molecule has 0 aliphatic carbocycles. The monoisotopic (exact) mass is 272 g/mol. The number of anilines is 1. The molecule has 1 aromatic rings. The molecule has 0 aromatic carbocycles. The van der Waals surface area contributed by atoms with Crippen molar-refractivity contribution in [3.8, 4) is 0 Å². The number of aromatic nitrogens is 1. The summed E-state index contributed by atoms with van der Waals surface area (Å²) < 4.78 is 5.07. The number of halogens is 1. The Morgan fingerprint density at radius 1 is 1.60 bits per heavy atom. The first-order valence-corrected chi connectivity index (χ1v) is 5.82. The van der Waals surface area contributed by atoms with E-state index in [1.54, 1.807) is 7.11 Å². The van der Waals surface area contributed by atoms with Crippen LogP contribution in [0.2, 0.25) is 0 Å². The van der Waals surface area contributed by atoms with Crippen LogP contribution in [0.4, 0.5) is 5.82 Å². The van der Waals surface area contributed by atoms with Gasteiger partial charge < -0.3 is 9.64 Å². The fourth-order valence-corrected chi connectivity index (χ4v) is 2.05. The van der Waals surface area contributed by atoms with Gasteiger partial charge in [-0.25, -0.2) is 4.98 Å². The van der Waals surface area contributed by atoms with Crippen molar-refractivity contribution < 1.29 is 4.74 Å². The fraction of sp³-hybridized carbons (Fsp3) is 0.545. The van der Waals surface area contributed by atoms with Crippen molar-refractivity contribution >= 4 is 21.7 Å². The number of rotatable bonds is 5. The SMILES string of the molecule is COCC(Br)CN(C)c1cc(C)ccn1. The third-order valence-corrected chi connectivity index (χ3v) is 2.67. The minimum absolute atomic E-state index is 0.329. The van der Waals surface area contributed by atoms with Crippen LogP contribution in [-0.2, 0) is 4.74 Å². The fourth-order valence-electron chi connectivity index (χ4n) is 1.35. The molecule has 0 spiro atoms. The van der Waals surface area contributed by atoms with Crippen LogP contribution in [0.5, 0.6) is 0 Å². The van der Waals surface area contributed by atoms with Crippen LogP contribution >= 0.6 is 15.9 Å². The first kappa shape index (κ1) is 12.5. The maximum Gasteiger partial charge on any atom is 0.128 e. The van der Waals surface area contributed by atoms with E-state index in [1.807, 2.05) is 19.3 Å². The highest BCUT2D eigenvalue weighted by Gasteiger charge is 2.09. The quantitative estimate of drug-likeness (QED) is 0.769. The molecule has 0 N–H and O–H groups in total. The molecule has 84 valence electrons. The summed E-state index contributed by atoms with van der Waals surface area (Å²) in [5.41, 5.74) is 1.23. The maximum atomic E-state index is 5.07. The molecule has 3 nitrogen and oxygen atoms in total. The van der Waals surface area contributed by atoms with Gasteiger partial charge in [0, 0.05) is 26.9 Å². The molecule has 0 amide bonds. The lowest BCUT2D eigenvalue weighted by Gasteiger charge is -2.21. The molecule has 0 saturated carbocycles. The highest BCUT2D eigenvalue weighted by molar-refractivity contribution is 9.09. The Morgan fingerprint density at radius 2 is 2.33 bits per heavy atom. The number of hydrogen-bond donors (Lipinski definition) is 0. The van der Waals surface area contributed by atoms with Crippen LogP contribution in [0.1, 0.15) is 5.56 Å². The number of aryl methyl sites for hydroxylation is 1. The lowest BCUT2D eigenvalue weighted by Crippen LogP contribution is -2.28. The van der Waals surface area contributed by atoms with Gasteiger partial charge in [0.15, 0.2) is 0 Å². The molecule has 4 heteroatoms. The van der Waals surface area contributed by atoms with E-state index in [1.165, 1.54) is 5.56 Å². The Bertz CT molecular complexity index is 306. The standard InChI is InChI=1S/C11H17BrN2O/c1-9-4-5-13-11(6-9)14(2)7-10(12)8-15-3/h4-6,10H,7-8H2,1-3H3. The molecule has 1 aromatic heterocycles. The van der Waals surface area contributed by atoms with Gasteiger partial charge in [0.2, 0.25) is 0 Å². The molecule has 15 heavy (non-hydrogen) atoms. The second-order valence-corrected chi connectivity index (χ2v) is 4.92. The third-order valence-electron chi connectivity index (χ3n) is 2.11. The zero-order chi connectivity index (χ0) is 11.3. The molecule has 1 rings (SSSR count). The molecule has 0 fully saturated rings. The van der Waals surface area contributed by atoms with Gasteiger partial charge in [-0.3, -0.25) is 0 Å². The van der Waals surface area contributed by atoms with Crippen molar-refractivity contribution in [1.82, 2.24) is 4.98 Å². The lowest BCUT2D eigenvalue weighted by molar-refractivity contribution is 0.201. The predicted octanol–water partition coefficient (Wildman–Crippen LogP) is 2.24. The van der Waals surface area contributed by atoms with Gasteiger partial charge in [0.05, 0.1) is 11.4 Å². The van der Waals surface area contributed by atoms with Crippen molar-refractivity contribution in [2.45, 2.75) is 11.8 Å². The van der Waals surface area contributed by atoms with Gasteiger partial charge in [-0.1, -0.05) is 15.9 Å². The highest BCUT2D eigenvalue weighted by Crippen LogP contribution is 2.12. The summed E-state index contributed by atoms with van der Waals surface area (Å²) in [5, 5.41) is 0. The number of hydrogen-bond acceptors (Lipinski definition) is 3. The number of pyridine rings is 1. The van der Waals surface area contributed by atoms with Crippen molar-refractivity contribution in [1.29, 1.82) is 0 Å². The summed E-state index contributed by atoms with van der Waals surface area (Å²) >= 11 is 3.56. The highest BCUT2D eigenvalue weighted by atomic mass is 79.9. The summed E-state index contributed by atoms with van der Waals surface area (Å²) in [7, 11) is 3.74. The molecule has 0 saturated heterocycles. The van der Waals surface area contributed by atoms with Crippen molar-refractivity contribution in [2.24, 2.45) is 0 Å². The third kappa shape index (κ3) is 4.18. The number of nitrogens with zero attached hydrogens (tertiary/aromatic N) is 2. The normalized spacial score (nSPS) is 12.5. The number of alkyl halides is 1. The zero-order valence-corrected chi connectivity index (χ0v) is 11.0. The van der Waals surface area contributed by atoms with Gasteiger partial charge in [-0.15, -0.1) is 0 Å². The lowest BCUT2D eigenvalue weighted by atomic mass is 10.3. The summed E-state index contributed by atoms with van der Waals surface area (Å²) in [6.07, 6.45) is 1.83. The molecule has 1 heterocycles. The van der Waals surface area contributed by atoms with E-state index in [4.69, 9.17) is 4.74 Å². The topological polar surface area (TPSA) is 25.4 Å². The molecular weight excluding hydrogens is 256 g/mol. The predicted molar refractivity (Wildman–Crippen MR) is 66.8 cm³/mol. The van der Waals surface area contributed by atoms with E-state index < -0.39 is 0 Å². The second kappa shape index (κ2) is 6.08. The van der Waals surface area contributed by atoms with E-state index in [-0.39, 0.29) is 0 Å². The first-order valence-electron chi connectivity index (χ1n) is 4.90. The van der Waals surface area contributed by atoms with E-state index >= 15 is 0 Å². The van der Waals surface area contributed by atoms with Gasteiger partial charge in [-0.2, -0.15) is 0 Å². The van der Waals surface area contributed by atoms with Crippen LogP contribution in [-0.4, -0.2) is 37.1 Å². The Hall–Kier alpha value is -0.610. The Labute approximate surface area is 99.6 Å². The smallest absolute Gasteiger partial charge is 0.128 e. The largest absolute Gasteiger partial charge is 0.383 e. The Kier molecular flexibility index (Phi) is 5.05. The minimum Gasteiger partial charge on any atom is -0.383 e. The molecular formula is C11H17BrN2O. The molecule has 0 aliphatic rings. The summed E-state index contributed by atoms with van der Waals surface area (Å²) in [6, 6.07) is 4.07. The van der Waals surface area contributed by atoms with Gasteiger partial charge in [0.1, 0.15) is 5.82 Å². The van der Waals surface area contributed by atoms with E-state index in [0.29, 0.717) is 11.4 Å². The number of ether oxygens (including phenoxy) is 1. The van der Waals surface area contributed by atoms with Gasteiger partial charge >= 0.3 is 0 Å². The molecule has 0 aliphatic heterocycles. The summed E-state index contributed by atoms with van der Waals surface area (Å²) in [5.74, 6) is 0.996. The van der Waals surface area contributed by atoms with E-state index in [9.17, 15) is 0 Å². The number of methoxy groups -OCH3 is 1. The summed E-state index contributed by atoms with van der Waals surface area (Å²) in [6.45, 7) is 3.65. The van der Waals surface area contributed by atoms with Crippen molar-refractivity contribution in [3.63, 3.8) is 0 Å². The summed E-state index contributed by atoms with van der Waals surface area (Å²) in [4.78, 5) is 6.76. The van der Waals surface area contributed by atoms with Gasteiger partial charge in [-0.05, 0) is 24.6 Å². The molecule has 0 radical (unpaired) electrons. The van der Waals surface area contributed by atoms with Crippen LogP contribution < -0.4 is 4.90 Å². The Morgan fingerprint density at radius 3 is 2.93 bits per heavy atom. The van der Waals surface area contributed by atoms with Crippen LogP contribution in [0, 0.1) is 6.92 Å². The second-order valence-electron chi connectivity index (χ2n) is 3.62. The maximum absolute atomic E-state index is 5.07.